The Morgan fingerprint density at radius 1 is 1.19 bits per heavy atom. The van der Waals surface area contributed by atoms with E-state index in [4.69, 9.17) is 5.73 Å². The zero-order chi connectivity index (χ0) is 15.4. The van der Waals surface area contributed by atoms with E-state index in [1.54, 1.807) is 12.1 Å². The Kier molecular flexibility index (Phi) is 4.74. The summed E-state index contributed by atoms with van der Waals surface area (Å²) in [5, 5.41) is 2.46. The van der Waals surface area contributed by atoms with Crippen molar-refractivity contribution < 1.29 is 18.0 Å². The lowest BCUT2D eigenvalue weighted by Gasteiger charge is -2.11. The number of halogens is 3. The summed E-state index contributed by atoms with van der Waals surface area (Å²) in [6.07, 6.45) is 0. The normalized spacial score (nSPS) is 10.7. The minimum absolute atomic E-state index is 0.0492. The number of benzene rings is 2. The van der Waals surface area contributed by atoms with Crippen molar-refractivity contribution in [1.82, 2.24) is 0 Å². The topological polar surface area (TPSA) is 55.1 Å². The summed E-state index contributed by atoms with van der Waals surface area (Å²) < 4.78 is 38.1. The van der Waals surface area contributed by atoms with E-state index < -0.39 is 17.5 Å². The van der Waals surface area contributed by atoms with Gasteiger partial charge < -0.3 is 11.1 Å². The highest BCUT2D eigenvalue weighted by atomic mass is 32.2. The van der Waals surface area contributed by atoms with E-state index in [1.807, 2.05) is 0 Å². The lowest BCUT2D eigenvalue weighted by Crippen LogP contribution is -2.15. The van der Waals surface area contributed by atoms with Crippen LogP contribution >= 0.6 is 11.8 Å². The Morgan fingerprint density at radius 3 is 2.62 bits per heavy atom. The number of alkyl halides is 2. The molecule has 0 saturated carbocycles. The summed E-state index contributed by atoms with van der Waals surface area (Å²) in [4.78, 5) is 12.3. The molecule has 0 aliphatic carbocycles. The maximum absolute atomic E-state index is 13.2. The first-order chi connectivity index (χ1) is 9.97. The van der Waals surface area contributed by atoms with Gasteiger partial charge in [0.1, 0.15) is 5.82 Å². The number of anilines is 2. The van der Waals surface area contributed by atoms with E-state index in [0.717, 1.165) is 12.1 Å². The number of nitrogen functional groups attached to an aromatic ring is 1. The maximum atomic E-state index is 13.2. The average molecular weight is 312 g/mol. The van der Waals surface area contributed by atoms with Gasteiger partial charge in [-0.15, -0.1) is 0 Å². The number of carbonyl (C=O) groups excluding carboxylic acids is 1. The molecule has 3 nitrogen and oxygen atoms in total. The molecule has 0 heterocycles. The summed E-state index contributed by atoms with van der Waals surface area (Å²) >= 11 is 0.316. The van der Waals surface area contributed by atoms with Crippen LogP contribution in [0.25, 0.3) is 0 Å². The van der Waals surface area contributed by atoms with Crippen LogP contribution in [-0.2, 0) is 0 Å². The first-order valence-electron chi connectivity index (χ1n) is 5.87. The van der Waals surface area contributed by atoms with Crippen LogP contribution in [0.3, 0.4) is 0 Å². The molecule has 0 bridgehead atoms. The van der Waals surface area contributed by atoms with Crippen LogP contribution in [-0.4, -0.2) is 11.7 Å². The molecule has 2 aromatic carbocycles. The van der Waals surface area contributed by atoms with E-state index >= 15 is 0 Å². The number of carbonyl (C=O) groups is 1. The highest BCUT2D eigenvalue weighted by Gasteiger charge is 2.15. The molecule has 0 spiro atoms. The Labute approximate surface area is 123 Å². The minimum atomic E-state index is -2.61. The second-order valence-corrected chi connectivity index (χ2v) is 5.09. The average Bonchev–Trinajstić information content (AvgIpc) is 2.43. The standard InChI is InChI=1S/C14H11F3N2OS/c15-8-5-6-10(18)9(7-8)13(20)19-11-3-1-2-4-12(11)21-14(16)17/h1-7,14H,18H2,(H,19,20). The lowest BCUT2D eigenvalue weighted by atomic mass is 10.1. The van der Waals surface area contributed by atoms with E-state index in [0.29, 0.717) is 11.8 Å². The van der Waals surface area contributed by atoms with E-state index in [-0.39, 0.29) is 21.8 Å². The molecule has 1 amide bonds. The van der Waals surface area contributed by atoms with E-state index in [1.165, 1.54) is 18.2 Å². The molecule has 0 fully saturated rings. The first kappa shape index (κ1) is 15.2. The van der Waals surface area contributed by atoms with Crippen molar-refractivity contribution in [3.63, 3.8) is 0 Å². The highest BCUT2D eigenvalue weighted by molar-refractivity contribution is 7.99. The largest absolute Gasteiger partial charge is 0.398 e. The molecule has 110 valence electrons. The number of hydrogen-bond acceptors (Lipinski definition) is 3. The predicted octanol–water partition coefficient (Wildman–Crippen LogP) is 3.97. The van der Waals surface area contributed by atoms with Gasteiger partial charge in [-0.25, -0.2) is 4.39 Å². The summed E-state index contributed by atoms with van der Waals surface area (Å²) in [5.74, 6) is -3.87. The SMILES string of the molecule is Nc1ccc(F)cc1C(=O)Nc1ccccc1SC(F)F. The van der Waals surface area contributed by atoms with Crippen molar-refractivity contribution in [2.45, 2.75) is 10.7 Å². The Bertz CT molecular complexity index is 664. The van der Waals surface area contributed by atoms with Crippen LogP contribution in [0.2, 0.25) is 0 Å². The second kappa shape index (κ2) is 6.53. The number of thioether (sulfide) groups is 1. The third kappa shape index (κ3) is 3.91. The zero-order valence-corrected chi connectivity index (χ0v) is 11.5. The van der Waals surface area contributed by atoms with Crippen LogP contribution in [0.5, 0.6) is 0 Å². The zero-order valence-electron chi connectivity index (χ0n) is 10.6. The molecule has 0 aliphatic heterocycles. The Morgan fingerprint density at radius 2 is 1.90 bits per heavy atom. The Hall–Kier alpha value is -2.15. The summed E-state index contributed by atoms with van der Waals surface area (Å²) in [5.41, 5.74) is 5.88. The van der Waals surface area contributed by atoms with Crippen LogP contribution in [0.1, 0.15) is 10.4 Å². The molecular formula is C14H11F3N2OS. The number of nitrogens with two attached hydrogens (primary N) is 1. The lowest BCUT2D eigenvalue weighted by molar-refractivity contribution is 0.102. The molecule has 0 atom stereocenters. The van der Waals surface area contributed by atoms with Crippen molar-refractivity contribution in [3.8, 4) is 0 Å². The van der Waals surface area contributed by atoms with Gasteiger partial charge in [-0.3, -0.25) is 4.79 Å². The van der Waals surface area contributed by atoms with Crippen LogP contribution in [0.4, 0.5) is 24.5 Å². The fraction of sp³-hybridized carbons (Fsp3) is 0.0714. The van der Waals surface area contributed by atoms with Crippen molar-refractivity contribution in [2.75, 3.05) is 11.1 Å². The molecule has 0 radical (unpaired) electrons. The quantitative estimate of drug-likeness (QED) is 0.663. The molecule has 21 heavy (non-hydrogen) atoms. The first-order valence-corrected chi connectivity index (χ1v) is 6.75. The van der Waals surface area contributed by atoms with Gasteiger partial charge in [0.2, 0.25) is 0 Å². The van der Waals surface area contributed by atoms with Crippen LogP contribution < -0.4 is 11.1 Å². The van der Waals surface area contributed by atoms with Gasteiger partial charge in [-0.05, 0) is 30.3 Å². The van der Waals surface area contributed by atoms with Gasteiger partial charge in [0.05, 0.1) is 11.3 Å². The monoisotopic (exact) mass is 312 g/mol. The van der Waals surface area contributed by atoms with E-state index in [2.05, 4.69) is 5.32 Å². The van der Waals surface area contributed by atoms with Crippen molar-refractivity contribution >= 4 is 29.0 Å². The van der Waals surface area contributed by atoms with Crippen LogP contribution in [0, 0.1) is 5.82 Å². The molecule has 3 N–H and O–H groups in total. The minimum Gasteiger partial charge on any atom is -0.398 e. The Balaban J connectivity index is 2.25. The number of hydrogen-bond donors (Lipinski definition) is 2. The molecule has 7 heteroatoms. The molecule has 2 rings (SSSR count). The summed E-state index contributed by atoms with van der Waals surface area (Å²) in [6, 6.07) is 9.51. The number of nitrogens with one attached hydrogen (secondary N) is 1. The highest BCUT2D eigenvalue weighted by Crippen LogP contribution is 2.32. The van der Waals surface area contributed by atoms with Gasteiger partial charge in [0.15, 0.2) is 0 Å². The van der Waals surface area contributed by atoms with Crippen molar-refractivity contribution in [2.24, 2.45) is 0 Å². The maximum Gasteiger partial charge on any atom is 0.288 e. The number of rotatable bonds is 4. The molecule has 0 aromatic heterocycles. The van der Waals surface area contributed by atoms with Gasteiger partial charge in [0.25, 0.3) is 11.7 Å². The number of amides is 1. The summed E-state index contributed by atoms with van der Waals surface area (Å²) in [6.45, 7) is 0. The van der Waals surface area contributed by atoms with E-state index in [9.17, 15) is 18.0 Å². The second-order valence-electron chi connectivity index (χ2n) is 4.06. The molecule has 0 unspecified atom stereocenters. The fourth-order valence-corrected chi connectivity index (χ4v) is 2.28. The molecule has 2 aromatic rings. The van der Waals surface area contributed by atoms with Gasteiger partial charge >= 0.3 is 0 Å². The molecule has 0 aliphatic rings. The molecular weight excluding hydrogens is 301 g/mol. The third-order valence-corrected chi connectivity index (χ3v) is 3.40. The third-order valence-electron chi connectivity index (χ3n) is 2.61. The van der Waals surface area contributed by atoms with Gasteiger partial charge in [-0.1, -0.05) is 23.9 Å². The molecule has 0 saturated heterocycles. The van der Waals surface area contributed by atoms with Crippen molar-refractivity contribution in [3.05, 3.63) is 53.8 Å². The van der Waals surface area contributed by atoms with Gasteiger partial charge in [0, 0.05) is 10.6 Å². The van der Waals surface area contributed by atoms with Crippen LogP contribution in [0.15, 0.2) is 47.4 Å². The van der Waals surface area contributed by atoms with Gasteiger partial charge in [-0.2, -0.15) is 8.78 Å². The fourth-order valence-electron chi connectivity index (χ4n) is 1.68. The van der Waals surface area contributed by atoms with Crippen molar-refractivity contribution in [1.29, 1.82) is 0 Å². The summed E-state index contributed by atoms with van der Waals surface area (Å²) in [7, 11) is 0. The predicted molar refractivity (Wildman–Crippen MR) is 77.1 cm³/mol. The smallest absolute Gasteiger partial charge is 0.288 e. The number of para-hydroxylation sites is 1.